The summed E-state index contributed by atoms with van der Waals surface area (Å²) in [7, 11) is 1.64. The molecule has 1 saturated heterocycles. The molecular weight excluding hydrogens is 370 g/mol. The van der Waals surface area contributed by atoms with Crippen molar-refractivity contribution >= 4 is 0 Å². The number of benzene rings is 1. The lowest BCUT2D eigenvalue weighted by Gasteiger charge is -2.26. The fraction of sp³-hybridized carbons (Fsp3) is 0.364. The second-order valence-corrected chi connectivity index (χ2v) is 7.44. The maximum atomic E-state index is 14.2. The van der Waals surface area contributed by atoms with Crippen molar-refractivity contribution in [3.8, 4) is 0 Å². The summed E-state index contributed by atoms with van der Waals surface area (Å²) in [5, 5.41) is 3.34. The molecule has 1 aromatic rings. The van der Waals surface area contributed by atoms with E-state index in [1.54, 1.807) is 7.11 Å². The summed E-state index contributed by atoms with van der Waals surface area (Å²) < 4.78 is 58.5. The minimum atomic E-state index is -4.47. The fourth-order valence-electron chi connectivity index (χ4n) is 4.17. The molecule has 1 fully saturated rings. The highest BCUT2D eigenvalue weighted by Gasteiger charge is 2.35. The number of allylic oxidation sites excluding steroid dienone is 5. The normalized spacial score (nSPS) is 29.3. The third-order valence-electron chi connectivity index (χ3n) is 5.71. The average Bonchev–Trinajstić information content (AvgIpc) is 3.16. The van der Waals surface area contributed by atoms with Crippen LogP contribution in [0.2, 0.25) is 0 Å². The second-order valence-electron chi connectivity index (χ2n) is 7.44. The number of fused-ring (bicyclic) bond motifs is 1. The summed E-state index contributed by atoms with van der Waals surface area (Å²) in [5.41, 5.74) is 0.420. The summed E-state index contributed by atoms with van der Waals surface area (Å²) in [6.45, 7) is 0.450. The SMILES string of the molecule is COC1=CC2C=CC([C@H]3C[C@@H](c4cc(C(F)(F)F)ccc4F)CN3)=CC2C=C1. The van der Waals surface area contributed by atoms with E-state index >= 15 is 0 Å². The van der Waals surface area contributed by atoms with E-state index in [9.17, 15) is 17.6 Å². The summed E-state index contributed by atoms with van der Waals surface area (Å²) in [5.74, 6) is 0.427. The number of ether oxygens (including phenoxy) is 1. The number of hydrogen-bond donors (Lipinski definition) is 1. The lowest BCUT2D eigenvalue weighted by atomic mass is 9.80. The van der Waals surface area contributed by atoms with Crippen LogP contribution in [0.1, 0.15) is 23.5 Å². The molecule has 4 rings (SSSR count). The smallest absolute Gasteiger partial charge is 0.416 e. The van der Waals surface area contributed by atoms with E-state index < -0.39 is 17.6 Å². The molecule has 0 bridgehead atoms. The van der Waals surface area contributed by atoms with E-state index in [1.807, 2.05) is 12.2 Å². The molecule has 28 heavy (non-hydrogen) atoms. The van der Waals surface area contributed by atoms with Crippen LogP contribution in [-0.2, 0) is 10.9 Å². The second kappa shape index (κ2) is 7.24. The minimum absolute atomic E-state index is 0.00246. The highest BCUT2D eigenvalue weighted by atomic mass is 19.4. The summed E-state index contributed by atoms with van der Waals surface area (Å²) >= 11 is 0. The van der Waals surface area contributed by atoms with Crippen molar-refractivity contribution in [2.45, 2.75) is 24.6 Å². The molecule has 2 aliphatic carbocycles. The quantitative estimate of drug-likeness (QED) is 0.723. The van der Waals surface area contributed by atoms with E-state index in [1.165, 1.54) is 0 Å². The van der Waals surface area contributed by atoms with Crippen molar-refractivity contribution < 1.29 is 22.3 Å². The van der Waals surface area contributed by atoms with Gasteiger partial charge in [0.15, 0.2) is 0 Å². The number of nitrogens with one attached hydrogen (secondary N) is 1. The molecule has 0 spiro atoms. The Labute approximate surface area is 161 Å². The van der Waals surface area contributed by atoms with Crippen LogP contribution in [0.15, 0.2) is 66.0 Å². The summed E-state index contributed by atoms with van der Waals surface area (Å²) in [4.78, 5) is 0. The lowest BCUT2D eigenvalue weighted by Crippen LogP contribution is -2.26. The molecule has 6 heteroatoms. The maximum Gasteiger partial charge on any atom is 0.416 e. The Morgan fingerprint density at radius 3 is 2.57 bits per heavy atom. The number of methoxy groups -OCH3 is 1. The van der Waals surface area contributed by atoms with Gasteiger partial charge in [0.25, 0.3) is 0 Å². The van der Waals surface area contributed by atoms with Crippen molar-refractivity contribution in [3.05, 3.63) is 82.9 Å². The van der Waals surface area contributed by atoms with E-state index in [-0.39, 0.29) is 29.4 Å². The van der Waals surface area contributed by atoms with Crippen LogP contribution in [0.5, 0.6) is 0 Å². The molecule has 0 saturated carbocycles. The van der Waals surface area contributed by atoms with Gasteiger partial charge in [-0.05, 0) is 47.9 Å². The molecule has 1 N–H and O–H groups in total. The lowest BCUT2D eigenvalue weighted by molar-refractivity contribution is -0.137. The number of alkyl halides is 3. The molecule has 3 aliphatic rings. The third-order valence-corrected chi connectivity index (χ3v) is 5.71. The third kappa shape index (κ3) is 3.65. The predicted molar refractivity (Wildman–Crippen MR) is 99.0 cm³/mol. The first kappa shape index (κ1) is 19.0. The van der Waals surface area contributed by atoms with Crippen molar-refractivity contribution in [1.29, 1.82) is 0 Å². The van der Waals surface area contributed by atoms with Gasteiger partial charge in [0, 0.05) is 30.3 Å². The van der Waals surface area contributed by atoms with Gasteiger partial charge >= 0.3 is 6.18 Å². The largest absolute Gasteiger partial charge is 0.497 e. The number of rotatable bonds is 3. The molecule has 1 aromatic carbocycles. The topological polar surface area (TPSA) is 21.3 Å². The van der Waals surface area contributed by atoms with Gasteiger partial charge in [-0.2, -0.15) is 13.2 Å². The molecule has 4 atom stereocenters. The summed E-state index contributed by atoms with van der Waals surface area (Å²) in [6, 6.07) is 2.66. The minimum Gasteiger partial charge on any atom is -0.497 e. The monoisotopic (exact) mass is 391 g/mol. The van der Waals surface area contributed by atoms with Crippen molar-refractivity contribution in [2.24, 2.45) is 11.8 Å². The average molecular weight is 391 g/mol. The highest BCUT2D eigenvalue weighted by Crippen LogP contribution is 2.38. The molecule has 0 radical (unpaired) electrons. The summed E-state index contributed by atoms with van der Waals surface area (Å²) in [6.07, 6.45) is 8.52. The predicted octanol–water partition coefficient (Wildman–Crippen LogP) is 5.12. The number of hydrogen-bond acceptors (Lipinski definition) is 2. The zero-order valence-electron chi connectivity index (χ0n) is 15.3. The first-order valence-electron chi connectivity index (χ1n) is 9.29. The van der Waals surface area contributed by atoms with Gasteiger partial charge in [0.1, 0.15) is 11.6 Å². The molecule has 2 nitrogen and oxygen atoms in total. The zero-order valence-corrected chi connectivity index (χ0v) is 15.3. The fourth-order valence-corrected chi connectivity index (χ4v) is 4.17. The van der Waals surface area contributed by atoms with Gasteiger partial charge in [0.2, 0.25) is 0 Å². The number of halogens is 4. The van der Waals surface area contributed by atoms with Gasteiger partial charge in [-0.3, -0.25) is 0 Å². The molecular formula is C22H21F4NO. The Morgan fingerprint density at radius 2 is 1.82 bits per heavy atom. The first-order valence-corrected chi connectivity index (χ1v) is 9.29. The van der Waals surface area contributed by atoms with Gasteiger partial charge in [-0.1, -0.05) is 24.3 Å². The van der Waals surface area contributed by atoms with Crippen LogP contribution in [0.25, 0.3) is 0 Å². The van der Waals surface area contributed by atoms with E-state index in [0.29, 0.717) is 13.0 Å². The zero-order chi connectivity index (χ0) is 19.9. The van der Waals surface area contributed by atoms with Gasteiger partial charge < -0.3 is 10.1 Å². The Morgan fingerprint density at radius 1 is 1.07 bits per heavy atom. The first-order chi connectivity index (χ1) is 13.3. The van der Waals surface area contributed by atoms with E-state index in [0.717, 1.165) is 29.5 Å². The standard InChI is InChI=1S/C22H21F4NO/c1-28-18-6-4-13-8-15(3-2-14(13)9-18)21-10-16(12-27-21)19-11-17(22(24,25)26)5-7-20(19)23/h2-9,11,13-14,16,21,27H,10,12H2,1H3/t13?,14?,16-,21-/m1/s1. The van der Waals surface area contributed by atoms with Crippen LogP contribution in [0.3, 0.4) is 0 Å². The van der Waals surface area contributed by atoms with Crippen LogP contribution >= 0.6 is 0 Å². The molecule has 0 amide bonds. The molecule has 2 unspecified atom stereocenters. The van der Waals surface area contributed by atoms with E-state index in [2.05, 4.69) is 29.6 Å². The van der Waals surface area contributed by atoms with Crippen molar-refractivity contribution in [2.75, 3.05) is 13.7 Å². The molecule has 0 aromatic heterocycles. The maximum absolute atomic E-state index is 14.2. The molecule has 148 valence electrons. The molecule has 1 heterocycles. The Balaban J connectivity index is 1.50. The highest BCUT2D eigenvalue weighted by molar-refractivity contribution is 5.39. The van der Waals surface area contributed by atoms with Crippen LogP contribution < -0.4 is 5.32 Å². The Hall–Kier alpha value is -2.34. The van der Waals surface area contributed by atoms with Gasteiger partial charge in [0.05, 0.1) is 12.7 Å². The van der Waals surface area contributed by atoms with E-state index in [4.69, 9.17) is 4.74 Å². The van der Waals surface area contributed by atoms with Gasteiger partial charge in [-0.15, -0.1) is 0 Å². The van der Waals surface area contributed by atoms with Crippen molar-refractivity contribution in [3.63, 3.8) is 0 Å². The van der Waals surface area contributed by atoms with Crippen LogP contribution in [0.4, 0.5) is 17.6 Å². The van der Waals surface area contributed by atoms with Crippen LogP contribution in [0, 0.1) is 17.7 Å². The molecule has 1 aliphatic heterocycles. The van der Waals surface area contributed by atoms with Crippen molar-refractivity contribution in [1.82, 2.24) is 5.32 Å². The van der Waals surface area contributed by atoms with Gasteiger partial charge in [-0.25, -0.2) is 4.39 Å². The van der Waals surface area contributed by atoms with Crippen LogP contribution in [-0.4, -0.2) is 19.7 Å². The Bertz CT molecular complexity index is 881. The Kier molecular flexibility index (Phi) is 4.91.